The summed E-state index contributed by atoms with van der Waals surface area (Å²) in [7, 11) is -3.48. The van der Waals surface area contributed by atoms with Gasteiger partial charge in [-0.2, -0.15) is 0 Å². The summed E-state index contributed by atoms with van der Waals surface area (Å²) in [4.78, 5) is 9.00. The molecule has 21 heavy (non-hydrogen) atoms. The Bertz CT molecular complexity index is 894. The summed E-state index contributed by atoms with van der Waals surface area (Å²) in [6.45, 7) is 2.05. The van der Waals surface area contributed by atoms with Crippen LogP contribution in [-0.4, -0.2) is 18.4 Å². The number of hydrogen-bond acceptors (Lipinski definition) is 5. The smallest absolute Gasteiger partial charge is 0.226 e. The third kappa shape index (κ3) is 2.79. The molecular formula is C14H15N3O2S2. The van der Waals surface area contributed by atoms with E-state index in [1.807, 2.05) is 19.1 Å². The molecule has 0 radical (unpaired) electrons. The Kier molecular flexibility index (Phi) is 3.46. The molecule has 1 aromatic carbocycles. The van der Waals surface area contributed by atoms with Crippen molar-refractivity contribution in [2.75, 3.05) is 5.73 Å². The Morgan fingerprint density at radius 1 is 1.24 bits per heavy atom. The Morgan fingerprint density at radius 2 is 2.00 bits per heavy atom. The van der Waals surface area contributed by atoms with Crippen molar-refractivity contribution in [3.63, 3.8) is 0 Å². The zero-order chi connectivity index (χ0) is 15.0. The predicted molar refractivity (Wildman–Crippen MR) is 85.1 cm³/mol. The molecular weight excluding hydrogens is 306 g/mol. The lowest BCUT2D eigenvalue weighted by atomic mass is 10.3. The quantitative estimate of drug-likeness (QED) is 0.723. The lowest BCUT2D eigenvalue weighted by Crippen LogP contribution is -2.05. The molecule has 0 amide bonds. The number of nitrogens with zero attached hydrogens (tertiary/aromatic N) is 1. The summed E-state index contributed by atoms with van der Waals surface area (Å²) < 4.78 is 24.9. The standard InChI is InChI=1S/C14H15N3O2S2/c1-2-10-4-5-11(20-10)8-21(18,19)14-16-12-6-3-9(15)7-13(12)17-14/h3-7H,2,8,15H2,1H3,(H,16,17). The van der Waals surface area contributed by atoms with E-state index in [1.165, 1.54) is 16.2 Å². The number of sulfone groups is 1. The highest BCUT2D eigenvalue weighted by Crippen LogP contribution is 2.23. The summed E-state index contributed by atoms with van der Waals surface area (Å²) >= 11 is 1.52. The number of anilines is 1. The van der Waals surface area contributed by atoms with Crippen LogP contribution in [0.25, 0.3) is 11.0 Å². The number of nitrogen functional groups attached to an aromatic ring is 1. The molecule has 0 fully saturated rings. The Morgan fingerprint density at radius 3 is 2.71 bits per heavy atom. The van der Waals surface area contributed by atoms with Crippen LogP contribution in [0.2, 0.25) is 0 Å². The van der Waals surface area contributed by atoms with Gasteiger partial charge in [-0.15, -0.1) is 11.3 Å². The highest BCUT2D eigenvalue weighted by molar-refractivity contribution is 7.90. The summed E-state index contributed by atoms with van der Waals surface area (Å²) in [5.41, 5.74) is 7.49. The third-order valence-corrected chi connectivity index (χ3v) is 6.06. The number of H-pyrrole nitrogens is 1. The van der Waals surface area contributed by atoms with Crippen LogP contribution in [0.1, 0.15) is 16.7 Å². The van der Waals surface area contributed by atoms with E-state index in [0.29, 0.717) is 16.7 Å². The Balaban J connectivity index is 1.95. The number of nitrogens with one attached hydrogen (secondary N) is 1. The maximum Gasteiger partial charge on any atom is 0.226 e. The van der Waals surface area contributed by atoms with E-state index in [2.05, 4.69) is 9.97 Å². The minimum absolute atomic E-state index is 0.00505. The second-order valence-electron chi connectivity index (χ2n) is 4.80. The number of imidazole rings is 1. The molecule has 0 aliphatic carbocycles. The lowest BCUT2D eigenvalue weighted by molar-refractivity contribution is 0.589. The fraction of sp³-hybridized carbons (Fsp3) is 0.214. The molecule has 7 heteroatoms. The molecule has 3 N–H and O–H groups in total. The molecule has 0 atom stereocenters. The van der Waals surface area contributed by atoms with E-state index in [9.17, 15) is 8.42 Å². The molecule has 0 bridgehead atoms. The number of nitrogens with two attached hydrogens (primary N) is 1. The van der Waals surface area contributed by atoms with E-state index < -0.39 is 9.84 Å². The molecule has 2 aromatic heterocycles. The summed E-state index contributed by atoms with van der Waals surface area (Å²) in [6, 6.07) is 8.92. The van der Waals surface area contributed by atoms with E-state index >= 15 is 0 Å². The molecule has 0 aliphatic rings. The number of hydrogen-bond donors (Lipinski definition) is 2. The van der Waals surface area contributed by atoms with Gasteiger partial charge in [-0.3, -0.25) is 0 Å². The normalized spacial score (nSPS) is 12.0. The first kappa shape index (κ1) is 14.1. The molecule has 0 saturated heterocycles. The first-order chi connectivity index (χ1) is 9.98. The van der Waals surface area contributed by atoms with Crippen molar-refractivity contribution in [3.8, 4) is 0 Å². The fourth-order valence-electron chi connectivity index (χ4n) is 2.10. The van der Waals surface area contributed by atoms with Crippen molar-refractivity contribution in [1.82, 2.24) is 9.97 Å². The molecule has 3 aromatic rings. The van der Waals surface area contributed by atoms with Crippen LogP contribution in [0, 0.1) is 0 Å². The van der Waals surface area contributed by atoms with Gasteiger partial charge in [-0.25, -0.2) is 13.4 Å². The molecule has 3 rings (SSSR count). The minimum atomic E-state index is -3.48. The van der Waals surface area contributed by atoms with Crippen molar-refractivity contribution in [1.29, 1.82) is 0 Å². The largest absolute Gasteiger partial charge is 0.399 e. The van der Waals surface area contributed by atoms with Gasteiger partial charge in [0.05, 0.1) is 16.8 Å². The molecule has 0 unspecified atom stereocenters. The van der Waals surface area contributed by atoms with Crippen molar-refractivity contribution in [2.45, 2.75) is 24.3 Å². The molecule has 110 valence electrons. The van der Waals surface area contributed by atoms with Crippen LogP contribution < -0.4 is 5.73 Å². The van der Waals surface area contributed by atoms with Gasteiger partial charge in [-0.1, -0.05) is 6.92 Å². The minimum Gasteiger partial charge on any atom is -0.399 e. The number of aromatic nitrogens is 2. The second kappa shape index (κ2) is 5.16. The van der Waals surface area contributed by atoms with Gasteiger partial charge in [0.1, 0.15) is 0 Å². The number of rotatable bonds is 4. The molecule has 5 nitrogen and oxygen atoms in total. The number of benzene rings is 1. The third-order valence-electron chi connectivity index (χ3n) is 3.18. The first-order valence-corrected chi connectivity index (χ1v) is 9.00. The van der Waals surface area contributed by atoms with Crippen LogP contribution in [0.4, 0.5) is 5.69 Å². The van der Waals surface area contributed by atoms with E-state index in [1.54, 1.807) is 18.2 Å². The molecule has 0 saturated carbocycles. The van der Waals surface area contributed by atoms with Crippen LogP contribution in [0.3, 0.4) is 0 Å². The first-order valence-electron chi connectivity index (χ1n) is 6.53. The van der Waals surface area contributed by atoms with E-state index in [-0.39, 0.29) is 10.9 Å². The summed E-state index contributed by atoms with van der Waals surface area (Å²) in [6.07, 6.45) is 0.911. The summed E-state index contributed by atoms with van der Waals surface area (Å²) in [5, 5.41) is -0.00505. The van der Waals surface area contributed by atoms with Crippen LogP contribution in [-0.2, 0) is 22.0 Å². The van der Waals surface area contributed by atoms with Gasteiger partial charge >= 0.3 is 0 Å². The van der Waals surface area contributed by atoms with Gasteiger partial charge < -0.3 is 10.7 Å². The van der Waals surface area contributed by atoms with Crippen molar-refractivity contribution >= 4 is 37.9 Å². The maximum atomic E-state index is 12.4. The SMILES string of the molecule is CCc1ccc(CS(=O)(=O)c2nc3ccc(N)cc3[nH]2)s1. The molecule has 0 aliphatic heterocycles. The van der Waals surface area contributed by atoms with Crippen molar-refractivity contribution in [2.24, 2.45) is 0 Å². The number of aromatic amines is 1. The van der Waals surface area contributed by atoms with Crippen LogP contribution in [0.5, 0.6) is 0 Å². The van der Waals surface area contributed by atoms with Gasteiger partial charge in [0, 0.05) is 15.4 Å². The van der Waals surface area contributed by atoms with E-state index in [4.69, 9.17) is 5.73 Å². The zero-order valence-corrected chi connectivity index (χ0v) is 13.1. The molecule has 0 spiro atoms. The highest BCUT2D eigenvalue weighted by atomic mass is 32.2. The monoisotopic (exact) mass is 321 g/mol. The van der Waals surface area contributed by atoms with Gasteiger partial charge in [-0.05, 0) is 36.8 Å². The van der Waals surface area contributed by atoms with E-state index in [0.717, 1.165) is 11.3 Å². The van der Waals surface area contributed by atoms with Gasteiger partial charge in [0.15, 0.2) is 0 Å². The van der Waals surface area contributed by atoms with Crippen LogP contribution in [0.15, 0.2) is 35.5 Å². The average Bonchev–Trinajstić information content (AvgIpc) is 3.04. The zero-order valence-electron chi connectivity index (χ0n) is 11.5. The lowest BCUT2D eigenvalue weighted by Gasteiger charge is -1.98. The Labute approximate surface area is 126 Å². The number of aryl methyl sites for hydroxylation is 1. The van der Waals surface area contributed by atoms with Crippen molar-refractivity contribution in [3.05, 3.63) is 40.1 Å². The molecule has 2 heterocycles. The van der Waals surface area contributed by atoms with Gasteiger partial charge in [0.2, 0.25) is 15.0 Å². The fourth-order valence-corrected chi connectivity index (χ4v) is 4.66. The Hall–Kier alpha value is -1.86. The number of fused-ring (bicyclic) bond motifs is 1. The topological polar surface area (TPSA) is 88.8 Å². The predicted octanol–water partition coefficient (Wildman–Crippen LogP) is 2.74. The summed E-state index contributed by atoms with van der Waals surface area (Å²) in [5.74, 6) is -0.0348. The van der Waals surface area contributed by atoms with Gasteiger partial charge in [0.25, 0.3) is 0 Å². The average molecular weight is 321 g/mol. The highest BCUT2D eigenvalue weighted by Gasteiger charge is 2.20. The van der Waals surface area contributed by atoms with Crippen LogP contribution >= 0.6 is 11.3 Å². The second-order valence-corrected chi connectivity index (χ2v) is 7.96. The maximum absolute atomic E-state index is 12.4. The number of thiophene rings is 1. The van der Waals surface area contributed by atoms with Crippen molar-refractivity contribution < 1.29 is 8.42 Å².